The number of anilines is 1. The molecule has 0 atom stereocenters. The lowest BCUT2D eigenvalue weighted by atomic mass is 10.2. The van der Waals surface area contributed by atoms with Gasteiger partial charge in [-0.3, -0.25) is 14.5 Å². The van der Waals surface area contributed by atoms with Gasteiger partial charge in [-0.25, -0.2) is 0 Å². The Morgan fingerprint density at radius 3 is 2.59 bits per heavy atom. The highest BCUT2D eigenvalue weighted by Gasteiger charge is 2.23. The minimum Gasteiger partial charge on any atom is -0.484 e. The summed E-state index contributed by atoms with van der Waals surface area (Å²) >= 11 is 0. The fraction of sp³-hybridized carbons (Fsp3) is 0.400. The van der Waals surface area contributed by atoms with Gasteiger partial charge >= 0.3 is 0 Å². The van der Waals surface area contributed by atoms with Crippen LogP contribution < -0.4 is 10.1 Å². The maximum atomic E-state index is 12.4. The Balaban J connectivity index is 1.37. The van der Waals surface area contributed by atoms with Crippen LogP contribution in [0.25, 0.3) is 0 Å². The van der Waals surface area contributed by atoms with E-state index in [4.69, 9.17) is 14.5 Å². The largest absolute Gasteiger partial charge is 0.484 e. The van der Waals surface area contributed by atoms with Crippen molar-refractivity contribution < 1.29 is 18.8 Å². The molecule has 0 aliphatic carbocycles. The number of aryl methyl sites for hydroxylation is 1. The molecule has 2 heterocycles. The molecule has 1 aliphatic heterocycles. The number of amides is 2. The number of piperazine rings is 1. The van der Waals surface area contributed by atoms with Gasteiger partial charge in [0.1, 0.15) is 11.5 Å². The van der Waals surface area contributed by atoms with E-state index in [1.54, 1.807) is 30.0 Å². The quantitative estimate of drug-likeness (QED) is 0.747. The molecule has 0 unspecified atom stereocenters. The van der Waals surface area contributed by atoms with Crippen LogP contribution in [0.1, 0.15) is 11.3 Å². The van der Waals surface area contributed by atoms with Crippen LogP contribution in [0.5, 0.6) is 5.75 Å². The Hall–Kier alpha value is -3.38. The summed E-state index contributed by atoms with van der Waals surface area (Å²) in [5, 5.41) is 15.1. The third-order valence-electron chi connectivity index (χ3n) is 4.56. The van der Waals surface area contributed by atoms with Crippen LogP contribution in [0.15, 0.2) is 34.9 Å². The van der Waals surface area contributed by atoms with E-state index in [9.17, 15) is 9.59 Å². The average molecular weight is 397 g/mol. The number of nitrogens with zero attached hydrogens (tertiary/aromatic N) is 4. The standard InChI is InChI=1S/C20H23N5O4/c1-15-12-18(23-29-15)22-19(26)13-24-8-10-25(11-9-24)20(27)14-28-17-4-2-16(3-5-17)6-7-21/h2-5,12H,6,8-11,13-14H2,1H3,(H,22,23,26). The molecule has 0 spiro atoms. The predicted molar refractivity (Wildman–Crippen MR) is 104 cm³/mol. The summed E-state index contributed by atoms with van der Waals surface area (Å²) in [5.41, 5.74) is 0.907. The predicted octanol–water partition coefficient (Wildman–Crippen LogP) is 1.21. The molecule has 3 rings (SSSR count). The zero-order valence-corrected chi connectivity index (χ0v) is 16.3. The molecule has 1 N–H and O–H groups in total. The fourth-order valence-corrected chi connectivity index (χ4v) is 3.00. The molecule has 0 radical (unpaired) electrons. The minimum absolute atomic E-state index is 0.0381. The molecule has 29 heavy (non-hydrogen) atoms. The monoisotopic (exact) mass is 397 g/mol. The number of carbonyl (C=O) groups is 2. The lowest BCUT2D eigenvalue weighted by Crippen LogP contribution is -2.51. The van der Waals surface area contributed by atoms with Crippen LogP contribution >= 0.6 is 0 Å². The highest BCUT2D eigenvalue weighted by molar-refractivity contribution is 5.91. The number of hydrogen-bond donors (Lipinski definition) is 1. The Labute approximate surface area is 168 Å². The zero-order valence-electron chi connectivity index (χ0n) is 16.3. The van der Waals surface area contributed by atoms with Crippen molar-refractivity contribution in [2.75, 3.05) is 44.6 Å². The molecular weight excluding hydrogens is 374 g/mol. The number of rotatable bonds is 7. The second kappa shape index (κ2) is 9.71. The summed E-state index contributed by atoms with van der Waals surface area (Å²) in [7, 11) is 0. The Bertz CT molecular complexity index is 879. The van der Waals surface area contributed by atoms with Gasteiger partial charge < -0.3 is 19.5 Å². The first-order valence-electron chi connectivity index (χ1n) is 9.35. The molecule has 1 aliphatic rings. The molecule has 152 valence electrons. The minimum atomic E-state index is -0.166. The second-order valence-corrected chi connectivity index (χ2v) is 6.80. The van der Waals surface area contributed by atoms with Crippen LogP contribution in [0, 0.1) is 18.3 Å². The van der Waals surface area contributed by atoms with Gasteiger partial charge in [-0.05, 0) is 24.6 Å². The van der Waals surface area contributed by atoms with Crippen molar-refractivity contribution in [3.8, 4) is 11.8 Å². The highest BCUT2D eigenvalue weighted by atomic mass is 16.5. The van der Waals surface area contributed by atoms with Gasteiger partial charge in [0, 0.05) is 32.2 Å². The molecule has 1 aromatic carbocycles. The highest BCUT2D eigenvalue weighted by Crippen LogP contribution is 2.13. The van der Waals surface area contributed by atoms with Gasteiger partial charge in [-0.1, -0.05) is 17.3 Å². The van der Waals surface area contributed by atoms with Crippen molar-refractivity contribution in [3.63, 3.8) is 0 Å². The Kier molecular flexibility index (Phi) is 6.81. The SMILES string of the molecule is Cc1cc(NC(=O)CN2CCN(C(=O)COc3ccc(CC#N)cc3)CC2)no1. The molecule has 9 heteroatoms. The maximum Gasteiger partial charge on any atom is 0.260 e. The first-order chi connectivity index (χ1) is 14.0. The van der Waals surface area contributed by atoms with Crippen LogP contribution in [0.4, 0.5) is 5.82 Å². The molecule has 0 saturated carbocycles. The summed E-state index contributed by atoms with van der Waals surface area (Å²) in [6.45, 7) is 4.26. The third kappa shape index (κ3) is 6.05. The van der Waals surface area contributed by atoms with E-state index < -0.39 is 0 Å². The van der Waals surface area contributed by atoms with Crippen LogP contribution in [-0.2, 0) is 16.0 Å². The third-order valence-corrected chi connectivity index (χ3v) is 4.56. The van der Waals surface area contributed by atoms with Crippen molar-refractivity contribution in [1.82, 2.24) is 15.0 Å². The second-order valence-electron chi connectivity index (χ2n) is 6.80. The normalized spacial score (nSPS) is 14.3. The fourth-order valence-electron chi connectivity index (χ4n) is 3.00. The van der Waals surface area contributed by atoms with Gasteiger partial charge in [0.15, 0.2) is 12.4 Å². The summed E-state index contributed by atoms with van der Waals surface area (Å²) in [5.74, 6) is 1.37. The van der Waals surface area contributed by atoms with E-state index in [1.807, 2.05) is 17.0 Å². The van der Waals surface area contributed by atoms with Crippen LogP contribution in [-0.4, -0.2) is 66.1 Å². The van der Waals surface area contributed by atoms with Gasteiger partial charge in [0.05, 0.1) is 19.0 Å². The lowest BCUT2D eigenvalue weighted by molar-refractivity contribution is -0.135. The maximum absolute atomic E-state index is 12.4. The first-order valence-corrected chi connectivity index (χ1v) is 9.35. The van der Waals surface area contributed by atoms with Gasteiger partial charge in [-0.15, -0.1) is 0 Å². The van der Waals surface area contributed by atoms with Crippen LogP contribution in [0.2, 0.25) is 0 Å². The number of nitriles is 1. The first kappa shape index (κ1) is 20.4. The number of hydrogen-bond acceptors (Lipinski definition) is 7. The Morgan fingerprint density at radius 1 is 1.24 bits per heavy atom. The average Bonchev–Trinajstić information content (AvgIpc) is 3.12. The van der Waals surface area contributed by atoms with E-state index in [0.29, 0.717) is 49.9 Å². The van der Waals surface area contributed by atoms with E-state index in [1.165, 1.54) is 0 Å². The molecule has 1 fully saturated rings. The van der Waals surface area contributed by atoms with Crippen molar-refractivity contribution in [2.24, 2.45) is 0 Å². The van der Waals surface area contributed by atoms with E-state index in [2.05, 4.69) is 16.5 Å². The van der Waals surface area contributed by atoms with Crippen molar-refractivity contribution in [3.05, 3.63) is 41.7 Å². The lowest BCUT2D eigenvalue weighted by Gasteiger charge is -2.34. The number of aromatic nitrogens is 1. The molecule has 1 saturated heterocycles. The number of ether oxygens (including phenoxy) is 1. The smallest absolute Gasteiger partial charge is 0.260 e. The summed E-state index contributed by atoms with van der Waals surface area (Å²) in [4.78, 5) is 28.2. The molecule has 9 nitrogen and oxygen atoms in total. The molecule has 2 aromatic rings. The topological polar surface area (TPSA) is 112 Å². The van der Waals surface area contributed by atoms with Crippen molar-refractivity contribution >= 4 is 17.6 Å². The molecule has 0 bridgehead atoms. The van der Waals surface area contributed by atoms with Gasteiger partial charge in [-0.2, -0.15) is 5.26 Å². The van der Waals surface area contributed by atoms with E-state index >= 15 is 0 Å². The van der Waals surface area contributed by atoms with Crippen molar-refractivity contribution in [2.45, 2.75) is 13.3 Å². The van der Waals surface area contributed by atoms with Crippen LogP contribution in [0.3, 0.4) is 0 Å². The number of carbonyl (C=O) groups excluding carboxylic acids is 2. The number of benzene rings is 1. The molecular formula is C20H23N5O4. The summed E-state index contributed by atoms with van der Waals surface area (Å²) in [6, 6.07) is 10.9. The van der Waals surface area contributed by atoms with Gasteiger partial charge in [0.2, 0.25) is 5.91 Å². The van der Waals surface area contributed by atoms with E-state index in [-0.39, 0.29) is 25.0 Å². The summed E-state index contributed by atoms with van der Waals surface area (Å²) in [6.07, 6.45) is 0.347. The Morgan fingerprint density at radius 2 is 1.97 bits per heavy atom. The molecule has 2 amide bonds. The summed E-state index contributed by atoms with van der Waals surface area (Å²) < 4.78 is 10.5. The van der Waals surface area contributed by atoms with Gasteiger partial charge in [0.25, 0.3) is 5.91 Å². The van der Waals surface area contributed by atoms with Crippen molar-refractivity contribution in [1.29, 1.82) is 5.26 Å². The zero-order chi connectivity index (χ0) is 20.6. The molecule has 1 aromatic heterocycles. The number of nitrogens with one attached hydrogen (secondary N) is 1. The van der Waals surface area contributed by atoms with E-state index in [0.717, 1.165) is 5.56 Å².